The number of carbonyl (C=O) groups is 1. The van der Waals surface area contributed by atoms with Gasteiger partial charge in [0.25, 0.3) is 0 Å². The maximum atomic E-state index is 11.2. The fourth-order valence-corrected chi connectivity index (χ4v) is 2.21. The Morgan fingerprint density at radius 3 is 2.62 bits per heavy atom. The zero-order valence-corrected chi connectivity index (χ0v) is 10.8. The van der Waals surface area contributed by atoms with Gasteiger partial charge in [-0.05, 0) is 32.0 Å². The first-order chi connectivity index (χ1) is 7.65. The molecule has 0 unspecified atom stereocenters. The zero-order valence-electron chi connectivity index (χ0n) is 9.99. The quantitative estimate of drug-likeness (QED) is 0.757. The SMILES string of the molecule is CCOC(=O)NC(=S)N(C)C1CCCCC1. The van der Waals surface area contributed by atoms with Crippen LogP contribution in [-0.4, -0.2) is 35.8 Å². The third kappa shape index (κ3) is 3.96. The van der Waals surface area contributed by atoms with E-state index >= 15 is 0 Å². The first kappa shape index (κ1) is 13.2. The van der Waals surface area contributed by atoms with Gasteiger partial charge in [0.05, 0.1) is 6.61 Å². The Bertz CT molecular complexity index is 252. The van der Waals surface area contributed by atoms with Gasteiger partial charge in [0.2, 0.25) is 0 Å². The number of hydrogen-bond donors (Lipinski definition) is 1. The van der Waals surface area contributed by atoms with Crippen molar-refractivity contribution in [3.63, 3.8) is 0 Å². The smallest absolute Gasteiger partial charge is 0.413 e. The molecule has 0 atom stereocenters. The minimum absolute atomic E-state index is 0.363. The van der Waals surface area contributed by atoms with Crippen LogP contribution in [0.3, 0.4) is 0 Å². The van der Waals surface area contributed by atoms with Crippen LogP contribution in [0.1, 0.15) is 39.0 Å². The van der Waals surface area contributed by atoms with Crippen molar-refractivity contribution in [1.82, 2.24) is 10.2 Å². The van der Waals surface area contributed by atoms with Crippen molar-refractivity contribution in [2.45, 2.75) is 45.1 Å². The number of alkyl carbamates (subject to hydrolysis) is 1. The van der Waals surface area contributed by atoms with Gasteiger partial charge < -0.3 is 9.64 Å². The number of amides is 1. The summed E-state index contributed by atoms with van der Waals surface area (Å²) < 4.78 is 4.79. The highest BCUT2D eigenvalue weighted by molar-refractivity contribution is 7.80. The maximum Gasteiger partial charge on any atom is 0.413 e. The van der Waals surface area contributed by atoms with Crippen LogP contribution < -0.4 is 5.32 Å². The summed E-state index contributed by atoms with van der Waals surface area (Å²) in [5, 5.41) is 3.04. The molecule has 1 N–H and O–H groups in total. The van der Waals surface area contributed by atoms with Crippen molar-refractivity contribution in [2.24, 2.45) is 0 Å². The molecule has 0 heterocycles. The highest BCUT2D eigenvalue weighted by atomic mass is 32.1. The number of nitrogens with one attached hydrogen (secondary N) is 1. The van der Waals surface area contributed by atoms with Gasteiger partial charge in [-0.15, -0.1) is 0 Å². The van der Waals surface area contributed by atoms with Crippen LogP contribution in [0.2, 0.25) is 0 Å². The largest absolute Gasteiger partial charge is 0.450 e. The van der Waals surface area contributed by atoms with Gasteiger partial charge in [-0.1, -0.05) is 19.3 Å². The molecule has 1 rings (SSSR count). The van der Waals surface area contributed by atoms with Crippen LogP contribution in [-0.2, 0) is 4.74 Å². The lowest BCUT2D eigenvalue weighted by Crippen LogP contribution is -2.46. The van der Waals surface area contributed by atoms with Gasteiger partial charge in [-0.25, -0.2) is 4.79 Å². The zero-order chi connectivity index (χ0) is 12.0. The van der Waals surface area contributed by atoms with Crippen molar-refractivity contribution >= 4 is 23.4 Å². The molecule has 0 bridgehead atoms. The fourth-order valence-electron chi connectivity index (χ4n) is 1.98. The Morgan fingerprint density at radius 2 is 2.06 bits per heavy atom. The van der Waals surface area contributed by atoms with Gasteiger partial charge in [0.1, 0.15) is 0 Å². The second-order valence-electron chi connectivity index (χ2n) is 4.05. The molecule has 0 radical (unpaired) electrons. The predicted molar refractivity (Wildman–Crippen MR) is 67.4 cm³/mol. The summed E-state index contributed by atoms with van der Waals surface area (Å²) in [6, 6.07) is 0.461. The van der Waals surface area contributed by atoms with Crippen molar-refractivity contribution in [3.8, 4) is 0 Å². The molecule has 4 nitrogen and oxygen atoms in total. The Labute approximate surface area is 102 Å². The molecule has 0 aromatic rings. The summed E-state index contributed by atoms with van der Waals surface area (Å²) in [6.45, 7) is 2.13. The lowest BCUT2D eigenvalue weighted by atomic mass is 9.95. The average Bonchev–Trinajstić information content (AvgIpc) is 2.29. The molecule has 1 aliphatic rings. The monoisotopic (exact) mass is 244 g/mol. The van der Waals surface area contributed by atoms with E-state index in [0.717, 1.165) is 12.8 Å². The third-order valence-corrected chi connectivity index (χ3v) is 3.32. The molecular formula is C11H20N2O2S. The summed E-state index contributed by atoms with van der Waals surface area (Å²) >= 11 is 5.16. The second kappa shape index (κ2) is 6.68. The number of hydrogen-bond acceptors (Lipinski definition) is 3. The number of ether oxygens (including phenoxy) is 1. The van der Waals surface area contributed by atoms with Crippen molar-refractivity contribution in [3.05, 3.63) is 0 Å². The van der Waals surface area contributed by atoms with E-state index in [1.807, 2.05) is 11.9 Å². The van der Waals surface area contributed by atoms with Gasteiger partial charge >= 0.3 is 6.09 Å². The van der Waals surface area contributed by atoms with E-state index in [9.17, 15) is 4.79 Å². The van der Waals surface area contributed by atoms with Crippen LogP contribution in [0.25, 0.3) is 0 Å². The van der Waals surface area contributed by atoms with E-state index in [-0.39, 0.29) is 0 Å². The van der Waals surface area contributed by atoms with Crippen LogP contribution in [0.4, 0.5) is 4.79 Å². The number of rotatable bonds is 2. The molecule has 0 saturated heterocycles. The average molecular weight is 244 g/mol. The first-order valence-electron chi connectivity index (χ1n) is 5.85. The highest BCUT2D eigenvalue weighted by Gasteiger charge is 2.20. The molecule has 1 saturated carbocycles. The number of thiocarbonyl (C=S) groups is 1. The molecule has 1 aliphatic carbocycles. The standard InChI is InChI=1S/C11H20N2O2S/c1-3-15-11(14)12-10(16)13(2)9-7-5-4-6-8-9/h9H,3-8H2,1-2H3,(H,12,14,16). The summed E-state index contributed by atoms with van der Waals surface area (Å²) in [4.78, 5) is 13.2. The van der Waals surface area contributed by atoms with E-state index in [0.29, 0.717) is 17.8 Å². The van der Waals surface area contributed by atoms with E-state index in [1.165, 1.54) is 19.3 Å². The summed E-state index contributed by atoms with van der Waals surface area (Å²) in [6.07, 6.45) is 5.65. The van der Waals surface area contributed by atoms with Crippen LogP contribution in [0, 0.1) is 0 Å². The Kier molecular flexibility index (Phi) is 5.52. The third-order valence-electron chi connectivity index (χ3n) is 2.93. The van der Waals surface area contributed by atoms with Gasteiger partial charge in [-0.2, -0.15) is 0 Å². The maximum absolute atomic E-state index is 11.2. The molecule has 16 heavy (non-hydrogen) atoms. The van der Waals surface area contributed by atoms with E-state index in [2.05, 4.69) is 5.32 Å². The van der Waals surface area contributed by atoms with E-state index in [1.54, 1.807) is 6.92 Å². The fraction of sp³-hybridized carbons (Fsp3) is 0.818. The molecular weight excluding hydrogens is 224 g/mol. The predicted octanol–water partition coefficient (Wildman–Crippen LogP) is 2.28. The van der Waals surface area contributed by atoms with Gasteiger partial charge in [0.15, 0.2) is 5.11 Å². The summed E-state index contributed by atoms with van der Waals surface area (Å²) in [5.41, 5.74) is 0. The molecule has 5 heteroatoms. The normalized spacial score (nSPS) is 16.6. The Morgan fingerprint density at radius 1 is 1.44 bits per heavy atom. The molecule has 0 aromatic heterocycles. The summed E-state index contributed by atoms with van der Waals surface area (Å²) in [5.74, 6) is 0. The van der Waals surface area contributed by atoms with Crippen molar-refractivity contribution < 1.29 is 9.53 Å². The molecule has 0 spiro atoms. The van der Waals surface area contributed by atoms with Crippen molar-refractivity contribution in [2.75, 3.05) is 13.7 Å². The topological polar surface area (TPSA) is 41.6 Å². The molecule has 0 aliphatic heterocycles. The molecule has 92 valence electrons. The lowest BCUT2D eigenvalue weighted by Gasteiger charge is -2.32. The number of nitrogens with zero attached hydrogens (tertiary/aromatic N) is 1. The van der Waals surface area contributed by atoms with Gasteiger partial charge in [0, 0.05) is 13.1 Å². The minimum Gasteiger partial charge on any atom is -0.450 e. The van der Waals surface area contributed by atoms with Crippen molar-refractivity contribution in [1.29, 1.82) is 0 Å². The lowest BCUT2D eigenvalue weighted by molar-refractivity contribution is 0.156. The van der Waals surface area contributed by atoms with E-state index < -0.39 is 6.09 Å². The molecule has 1 fully saturated rings. The number of carbonyl (C=O) groups excluding carboxylic acids is 1. The Balaban J connectivity index is 2.37. The van der Waals surface area contributed by atoms with Gasteiger partial charge in [-0.3, -0.25) is 5.32 Å². The van der Waals surface area contributed by atoms with E-state index in [4.69, 9.17) is 17.0 Å². The van der Waals surface area contributed by atoms with Crippen LogP contribution >= 0.6 is 12.2 Å². The minimum atomic E-state index is -0.463. The first-order valence-corrected chi connectivity index (χ1v) is 6.26. The highest BCUT2D eigenvalue weighted by Crippen LogP contribution is 2.21. The van der Waals surface area contributed by atoms with Crippen LogP contribution in [0.15, 0.2) is 0 Å². The summed E-state index contributed by atoms with van der Waals surface area (Å²) in [7, 11) is 1.94. The second-order valence-corrected chi connectivity index (χ2v) is 4.44. The molecule has 0 aromatic carbocycles. The molecule has 1 amide bonds. The van der Waals surface area contributed by atoms with Crippen LogP contribution in [0.5, 0.6) is 0 Å². The Hall–Kier alpha value is -0.840.